The Balaban J connectivity index is 2.46. The predicted molar refractivity (Wildman–Crippen MR) is 88.3 cm³/mol. The van der Waals surface area contributed by atoms with E-state index in [-0.39, 0.29) is 22.8 Å². The van der Waals surface area contributed by atoms with Gasteiger partial charge >= 0.3 is 0 Å². The Morgan fingerprint density at radius 3 is 2.17 bits per heavy atom. The molecule has 112 valence electrons. The Kier molecular flexibility index (Phi) is 5.21. The number of nitriles is 3. The van der Waals surface area contributed by atoms with E-state index in [0.717, 1.165) is 24.0 Å². The first kappa shape index (κ1) is 16.4. The highest BCUT2D eigenvalue weighted by atomic mass is 35.5. The first-order valence-corrected chi connectivity index (χ1v) is 7.36. The third kappa shape index (κ3) is 4.01. The summed E-state index contributed by atoms with van der Waals surface area (Å²) in [6, 6.07) is 12.8. The summed E-state index contributed by atoms with van der Waals surface area (Å²) in [6.07, 6.45) is 5.63. The lowest BCUT2D eigenvalue weighted by Crippen LogP contribution is -2.06. The lowest BCUT2D eigenvalue weighted by molar-refractivity contribution is 1.03. The molecule has 2 rings (SSSR count). The molecule has 0 radical (unpaired) electrons. The molecule has 0 aliphatic heterocycles. The summed E-state index contributed by atoms with van der Waals surface area (Å²) in [5, 5.41) is 28.0. The Labute approximate surface area is 140 Å². The van der Waals surface area contributed by atoms with Crippen LogP contribution in [-0.4, -0.2) is 0 Å². The van der Waals surface area contributed by atoms with E-state index in [1.165, 1.54) is 0 Å². The van der Waals surface area contributed by atoms with Crippen molar-refractivity contribution < 1.29 is 0 Å². The van der Waals surface area contributed by atoms with Crippen LogP contribution in [0.25, 0.3) is 6.08 Å². The van der Waals surface area contributed by atoms with Crippen molar-refractivity contribution in [2.75, 3.05) is 0 Å². The zero-order valence-corrected chi connectivity index (χ0v) is 13.0. The molecule has 1 aliphatic carbocycles. The minimum atomic E-state index is -0.236. The SMILES string of the molecule is N#CC(C#N)=C(N)C(C#N)=C(C=Cc1ccc(Cl)cc1)C1CC1. The number of allylic oxidation sites excluding steroid dienone is 4. The molecule has 0 amide bonds. The monoisotopic (exact) mass is 320 g/mol. The molecule has 23 heavy (non-hydrogen) atoms. The Morgan fingerprint density at radius 1 is 1.09 bits per heavy atom. The van der Waals surface area contributed by atoms with Gasteiger partial charge in [0.2, 0.25) is 0 Å². The second kappa shape index (κ2) is 7.32. The van der Waals surface area contributed by atoms with Crippen LogP contribution in [0.5, 0.6) is 0 Å². The van der Waals surface area contributed by atoms with Gasteiger partial charge in [0.05, 0.1) is 11.3 Å². The van der Waals surface area contributed by atoms with E-state index >= 15 is 0 Å². The van der Waals surface area contributed by atoms with Crippen LogP contribution < -0.4 is 5.73 Å². The molecule has 1 fully saturated rings. The van der Waals surface area contributed by atoms with E-state index in [4.69, 9.17) is 27.9 Å². The van der Waals surface area contributed by atoms with Gasteiger partial charge in [0.15, 0.2) is 5.57 Å². The van der Waals surface area contributed by atoms with Crippen LogP contribution in [0.15, 0.2) is 52.8 Å². The molecule has 5 heteroatoms. The maximum Gasteiger partial charge on any atom is 0.153 e. The minimum absolute atomic E-state index is 0.0554. The molecule has 0 saturated heterocycles. The fourth-order valence-electron chi connectivity index (χ4n) is 2.13. The smallest absolute Gasteiger partial charge is 0.153 e. The van der Waals surface area contributed by atoms with Gasteiger partial charge in [-0.2, -0.15) is 15.8 Å². The number of hydrogen-bond donors (Lipinski definition) is 1. The number of hydrogen-bond acceptors (Lipinski definition) is 4. The van der Waals surface area contributed by atoms with Gasteiger partial charge in [-0.05, 0) is 42.0 Å². The van der Waals surface area contributed by atoms with Crippen molar-refractivity contribution in [3.05, 3.63) is 63.3 Å². The zero-order chi connectivity index (χ0) is 16.8. The van der Waals surface area contributed by atoms with Crippen molar-refractivity contribution in [1.82, 2.24) is 0 Å². The fraction of sp³-hybridized carbons (Fsp3) is 0.167. The van der Waals surface area contributed by atoms with Crippen molar-refractivity contribution in [2.45, 2.75) is 12.8 Å². The van der Waals surface area contributed by atoms with Crippen LogP contribution in [0.2, 0.25) is 5.02 Å². The van der Waals surface area contributed by atoms with E-state index in [9.17, 15) is 5.26 Å². The van der Waals surface area contributed by atoms with Crippen LogP contribution in [0, 0.1) is 39.9 Å². The van der Waals surface area contributed by atoms with Crippen LogP contribution in [0.3, 0.4) is 0 Å². The standard InChI is InChI=1S/C18H13ClN4/c19-15-6-1-12(2-7-15)3-8-16(13-4-5-13)17(11-22)18(23)14(9-20)10-21/h1-3,6-8,13H,4-5,23H2. The van der Waals surface area contributed by atoms with Crippen LogP contribution in [0.4, 0.5) is 0 Å². The first-order chi connectivity index (χ1) is 11.1. The number of benzene rings is 1. The fourth-order valence-corrected chi connectivity index (χ4v) is 2.25. The molecule has 4 nitrogen and oxygen atoms in total. The average molecular weight is 321 g/mol. The summed E-state index contributed by atoms with van der Waals surface area (Å²) < 4.78 is 0. The third-order valence-electron chi connectivity index (χ3n) is 3.51. The molecule has 0 unspecified atom stereocenters. The summed E-state index contributed by atoms with van der Waals surface area (Å²) >= 11 is 5.86. The largest absolute Gasteiger partial charge is 0.396 e. The number of nitrogens with zero attached hydrogens (tertiary/aromatic N) is 3. The third-order valence-corrected chi connectivity index (χ3v) is 3.76. The second-order valence-corrected chi connectivity index (χ2v) is 5.55. The van der Waals surface area contributed by atoms with Gasteiger partial charge in [-0.25, -0.2) is 0 Å². The summed E-state index contributed by atoms with van der Waals surface area (Å²) in [4.78, 5) is 0. The molecular formula is C18H13ClN4. The molecular weight excluding hydrogens is 308 g/mol. The summed E-state index contributed by atoms with van der Waals surface area (Å²) in [5.41, 5.74) is 7.47. The average Bonchev–Trinajstić information content (AvgIpc) is 3.38. The maximum atomic E-state index is 9.42. The van der Waals surface area contributed by atoms with E-state index in [2.05, 4.69) is 0 Å². The lowest BCUT2D eigenvalue weighted by atomic mass is 9.98. The topological polar surface area (TPSA) is 97.4 Å². The van der Waals surface area contributed by atoms with Crippen molar-refractivity contribution in [3.8, 4) is 18.2 Å². The van der Waals surface area contributed by atoms with Crippen molar-refractivity contribution in [2.24, 2.45) is 11.7 Å². The molecule has 1 aromatic rings. The summed E-state index contributed by atoms with van der Waals surface area (Å²) in [5.74, 6) is 0.241. The van der Waals surface area contributed by atoms with Gasteiger partial charge in [-0.15, -0.1) is 0 Å². The first-order valence-electron chi connectivity index (χ1n) is 6.99. The normalized spacial score (nSPS) is 14.3. The molecule has 0 atom stereocenters. The Bertz CT molecular complexity index is 804. The number of rotatable bonds is 4. The number of nitrogens with two attached hydrogens (primary N) is 1. The molecule has 2 N–H and O–H groups in total. The van der Waals surface area contributed by atoms with Crippen LogP contribution in [0.1, 0.15) is 18.4 Å². The zero-order valence-electron chi connectivity index (χ0n) is 12.3. The van der Waals surface area contributed by atoms with Gasteiger partial charge in [-0.1, -0.05) is 35.9 Å². The minimum Gasteiger partial charge on any atom is -0.396 e. The van der Waals surface area contributed by atoms with Crippen LogP contribution >= 0.6 is 11.6 Å². The highest BCUT2D eigenvalue weighted by Gasteiger charge is 2.28. The van der Waals surface area contributed by atoms with Crippen molar-refractivity contribution in [1.29, 1.82) is 15.8 Å². The highest BCUT2D eigenvalue weighted by Crippen LogP contribution is 2.40. The van der Waals surface area contributed by atoms with Gasteiger partial charge in [0.25, 0.3) is 0 Å². The molecule has 1 aliphatic rings. The van der Waals surface area contributed by atoms with Gasteiger partial charge in [0.1, 0.15) is 18.2 Å². The highest BCUT2D eigenvalue weighted by molar-refractivity contribution is 6.30. The van der Waals surface area contributed by atoms with Crippen molar-refractivity contribution in [3.63, 3.8) is 0 Å². The van der Waals surface area contributed by atoms with Gasteiger partial charge in [0, 0.05) is 5.02 Å². The van der Waals surface area contributed by atoms with E-state index in [1.807, 2.05) is 30.4 Å². The molecule has 0 heterocycles. The van der Waals surface area contributed by atoms with Gasteiger partial charge < -0.3 is 5.73 Å². The molecule has 0 spiro atoms. The van der Waals surface area contributed by atoms with Crippen molar-refractivity contribution >= 4 is 17.7 Å². The lowest BCUT2D eigenvalue weighted by Gasteiger charge is -2.06. The second-order valence-electron chi connectivity index (χ2n) is 5.11. The maximum absolute atomic E-state index is 9.42. The van der Waals surface area contributed by atoms with Crippen LogP contribution in [-0.2, 0) is 0 Å². The summed E-state index contributed by atoms with van der Waals surface area (Å²) in [7, 11) is 0. The molecule has 1 saturated carbocycles. The Hall–Kier alpha value is -3.00. The predicted octanol–water partition coefficient (Wildman–Crippen LogP) is 3.84. The summed E-state index contributed by atoms with van der Waals surface area (Å²) in [6.45, 7) is 0. The molecule has 1 aromatic carbocycles. The van der Waals surface area contributed by atoms with E-state index in [1.54, 1.807) is 24.3 Å². The molecule has 0 aromatic heterocycles. The van der Waals surface area contributed by atoms with Gasteiger partial charge in [-0.3, -0.25) is 0 Å². The number of halogens is 1. The van der Waals surface area contributed by atoms with E-state index < -0.39 is 0 Å². The Morgan fingerprint density at radius 2 is 1.70 bits per heavy atom. The van der Waals surface area contributed by atoms with E-state index in [0.29, 0.717) is 5.02 Å². The molecule has 0 bridgehead atoms. The quantitative estimate of drug-likeness (QED) is 0.673.